The highest BCUT2D eigenvalue weighted by molar-refractivity contribution is 5.85. The number of piperidine rings is 1. The average molecular weight is 330 g/mol. The van der Waals surface area contributed by atoms with Gasteiger partial charge in [0.25, 0.3) is 11.6 Å². The number of nitrogens with one attached hydrogen (secondary N) is 2. The van der Waals surface area contributed by atoms with Gasteiger partial charge in [0.2, 0.25) is 0 Å². The largest absolute Gasteiger partial charge is 0.484 e. The first-order valence-electron chi connectivity index (χ1n) is 6.93. The van der Waals surface area contributed by atoms with E-state index < -0.39 is 4.92 Å². The van der Waals surface area contributed by atoms with Gasteiger partial charge in [0.05, 0.1) is 4.92 Å². The Kier molecular flexibility index (Phi) is 7.07. The molecule has 7 nitrogen and oxygen atoms in total. The van der Waals surface area contributed by atoms with E-state index in [0.717, 1.165) is 19.5 Å². The lowest BCUT2D eigenvalue weighted by Gasteiger charge is -2.30. The average Bonchev–Trinajstić information content (AvgIpc) is 2.48. The van der Waals surface area contributed by atoms with Crippen LogP contribution in [0.25, 0.3) is 0 Å². The normalized spacial score (nSPS) is 20.6. The molecule has 22 heavy (non-hydrogen) atoms. The molecular weight excluding hydrogens is 310 g/mol. The lowest BCUT2D eigenvalue weighted by Crippen LogP contribution is -2.49. The zero-order chi connectivity index (χ0) is 15.2. The van der Waals surface area contributed by atoms with Crippen LogP contribution in [0.15, 0.2) is 24.3 Å². The number of hydrogen-bond acceptors (Lipinski definition) is 5. The van der Waals surface area contributed by atoms with Crippen molar-refractivity contribution < 1.29 is 14.5 Å². The molecule has 8 heteroatoms. The van der Waals surface area contributed by atoms with Gasteiger partial charge in [-0.1, -0.05) is 6.92 Å². The maximum absolute atomic E-state index is 11.8. The molecule has 1 amide bonds. The molecule has 1 saturated heterocycles. The number of ether oxygens (including phenoxy) is 1. The molecule has 1 aliphatic heterocycles. The molecule has 0 aromatic heterocycles. The Labute approximate surface area is 135 Å². The first-order valence-corrected chi connectivity index (χ1v) is 6.93. The van der Waals surface area contributed by atoms with Crippen molar-refractivity contribution in [1.82, 2.24) is 10.6 Å². The van der Waals surface area contributed by atoms with Gasteiger partial charge in [-0.2, -0.15) is 0 Å². The molecular formula is C14H20ClN3O4. The van der Waals surface area contributed by atoms with E-state index in [1.165, 1.54) is 24.3 Å². The van der Waals surface area contributed by atoms with Crippen molar-refractivity contribution in [3.05, 3.63) is 34.4 Å². The zero-order valence-electron chi connectivity index (χ0n) is 12.3. The van der Waals surface area contributed by atoms with Crippen LogP contribution in [0.3, 0.4) is 0 Å². The van der Waals surface area contributed by atoms with Gasteiger partial charge < -0.3 is 15.4 Å². The molecule has 1 aromatic rings. The fourth-order valence-electron chi connectivity index (χ4n) is 2.29. The fraction of sp³-hybridized carbons (Fsp3) is 0.500. The number of non-ortho nitro benzene ring substituents is 1. The van der Waals surface area contributed by atoms with Crippen molar-refractivity contribution in [2.75, 3.05) is 19.7 Å². The van der Waals surface area contributed by atoms with Crippen LogP contribution in [0.1, 0.15) is 13.3 Å². The van der Waals surface area contributed by atoms with Gasteiger partial charge in [-0.3, -0.25) is 14.9 Å². The van der Waals surface area contributed by atoms with E-state index in [2.05, 4.69) is 17.6 Å². The summed E-state index contributed by atoms with van der Waals surface area (Å²) >= 11 is 0. The summed E-state index contributed by atoms with van der Waals surface area (Å²) in [6.07, 6.45) is 0.907. The molecule has 0 aliphatic carbocycles. The van der Waals surface area contributed by atoms with Gasteiger partial charge in [-0.15, -0.1) is 12.4 Å². The maximum atomic E-state index is 11.8. The highest BCUT2D eigenvalue weighted by Gasteiger charge is 2.22. The summed E-state index contributed by atoms with van der Waals surface area (Å²) in [5.41, 5.74) is -0.00432. The van der Waals surface area contributed by atoms with Gasteiger partial charge >= 0.3 is 0 Å². The van der Waals surface area contributed by atoms with E-state index in [1.54, 1.807) is 0 Å². The third kappa shape index (κ3) is 5.16. The monoisotopic (exact) mass is 329 g/mol. The van der Waals surface area contributed by atoms with Gasteiger partial charge in [0.1, 0.15) is 5.75 Å². The summed E-state index contributed by atoms with van der Waals surface area (Å²) < 4.78 is 5.33. The number of hydrogen-bond donors (Lipinski definition) is 2. The molecule has 1 fully saturated rings. The van der Waals surface area contributed by atoms with Crippen molar-refractivity contribution in [1.29, 1.82) is 0 Å². The van der Waals surface area contributed by atoms with Gasteiger partial charge in [0, 0.05) is 18.2 Å². The second kappa shape index (κ2) is 8.55. The van der Waals surface area contributed by atoms with Crippen LogP contribution >= 0.6 is 12.4 Å². The van der Waals surface area contributed by atoms with Crippen molar-refractivity contribution >= 4 is 24.0 Å². The molecule has 2 unspecified atom stereocenters. The molecule has 2 rings (SSSR count). The SMILES string of the molecule is CC1CNCCC1NC(=O)COc1ccc([N+](=O)[O-])cc1.Cl. The topological polar surface area (TPSA) is 93.5 Å². The summed E-state index contributed by atoms with van der Waals surface area (Å²) in [7, 11) is 0. The lowest BCUT2D eigenvalue weighted by molar-refractivity contribution is -0.384. The van der Waals surface area contributed by atoms with E-state index in [1.807, 2.05) is 0 Å². The minimum atomic E-state index is -0.477. The Balaban J connectivity index is 0.00000242. The fourth-order valence-corrected chi connectivity index (χ4v) is 2.29. The number of halogens is 1. The van der Waals surface area contributed by atoms with Crippen molar-refractivity contribution in [3.8, 4) is 5.75 Å². The minimum absolute atomic E-state index is 0. The Morgan fingerprint density at radius 3 is 2.73 bits per heavy atom. The Hall–Kier alpha value is -1.86. The predicted molar refractivity (Wildman–Crippen MR) is 84.4 cm³/mol. The summed E-state index contributed by atoms with van der Waals surface area (Å²) in [4.78, 5) is 21.9. The smallest absolute Gasteiger partial charge is 0.269 e. The molecule has 122 valence electrons. The second-order valence-corrected chi connectivity index (χ2v) is 5.18. The summed E-state index contributed by atoms with van der Waals surface area (Å²) in [5.74, 6) is 0.656. The summed E-state index contributed by atoms with van der Waals surface area (Å²) in [6.45, 7) is 3.80. The molecule has 2 atom stereocenters. The van der Waals surface area contributed by atoms with Crippen LogP contribution in [0.2, 0.25) is 0 Å². The van der Waals surface area contributed by atoms with Gasteiger partial charge in [-0.05, 0) is 37.6 Å². The van der Waals surface area contributed by atoms with Crippen LogP contribution in [0.4, 0.5) is 5.69 Å². The number of amides is 1. The highest BCUT2D eigenvalue weighted by Crippen LogP contribution is 2.17. The van der Waals surface area contributed by atoms with E-state index in [9.17, 15) is 14.9 Å². The van der Waals surface area contributed by atoms with E-state index >= 15 is 0 Å². The number of benzene rings is 1. The molecule has 0 radical (unpaired) electrons. The quantitative estimate of drug-likeness (QED) is 0.631. The summed E-state index contributed by atoms with van der Waals surface area (Å²) in [6, 6.07) is 5.83. The van der Waals surface area contributed by atoms with Crippen molar-refractivity contribution in [3.63, 3.8) is 0 Å². The number of nitro benzene ring substituents is 1. The Bertz CT molecular complexity index is 509. The molecule has 0 saturated carbocycles. The lowest BCUT2D eigenvalue weighted by atomic mass is 9.95. The van der Waals surface area contributed by atoms with Crippen LogP contribution < -0.4 is 15.4 Å². The number of nitrogens with zero attached hydrogens (tertiary/aromatic N) is 1. The number of rotatable bonds is 5. The van der Waals surface area contributed by atoms with Gasteiger partial charge in [0.15, 0.2) is 6.61 Å². The number of nitro groups is 1. The standard InChI is InChI=1S/C14H19N3O4.ClH/c1-10-8-15-7-6-13(10)16-14(18)9-21-12-4-2-11(3-5-12)17(19)20;/h2-5,10,13,15H,6-9H2,1H3,(H,16,18);1H. The third-order valence-corrected chi connectivity index (χ3v) is 3.55. The van der Waals surface area contributed by atoms with Crippen LogP contribution in [0, 0.1) is 16.0 Å². The summed E-state index contributed by atoms with van der Waals surface area (Å²) in [5, 5.41) is 16.8. The number of carbonyl (C=O) groups excluding carboxylic acids is 1. The second-order valence-electron chi connectivity index (χ2n) is 5.18. The van der Waals surface area contributed by atoms with Crippen LogP contribution in [-0.4, -0.2) is 36.6 Å². The molecule has 0 bridgehead atoms. The minimum Gasteiger partial charge on any atom is -0.484 e. The van der Waals surface area contributed by atoms with E-state index in [4.69, 9.17) is 4.74 Å². The molecule has 1 aliphatic rings. The van der Waals surface area contributed by atoms with Crippen LogP contribution in [-0.2, 0) is 4.79 Å². The van der Waals surface area contributed by atoms with E-state index in [0.29, 0.717) is 11.7 Å². The number of carbonyl (C=O) groups is 1. The molecule has 2 N–H and O–H groups in total. The molecule has 1 heterocycles. The molecule has 1 aromatic carbocycles. The van der Waals surface area contributed by atoms with Crippen LogP contribution in [0.5, 0.6) is 5.75 Å². The Morgan fingerprint density at radius 2 is 2.14 bits per heavy atom. The Morgan fingerprint density at radius 1 is 1.45 bits per heavy atom. The van der Waals surface area contributed by atoms with Crippen molar-refractivity contribution in [2.45, 2.75) is 19.4 Å². The molecule has 0 spiro atoms. The maximum Gasteiger partial charge on any atom is 0.269 e. The van der Waals surface area contributed by atoms with Crippen molar-refractivity contribution in [2.24, 2.45) is 5.92 Å². The first kappa shape index (κ1) is 18.2. The predicted octanol–water partition coefficient (Wildman–Crippen LogP) is 1.51. The van der Waals surface area contributed by atoms with E-state index in [-0.39, 0.29) is 36.7 Å². The zero-order valence-corrected chi connectivity index (χ0v) is 13.1. The highest BCUT2D eigenvalue weighted by atomic mass is 35.5. The van der Waals surface area contributed by atoms with Gasteiger partial charge in [-0.25, -0.2) is 0 Å². The third-order valence-electron chi connectivity index (χ3n) is 3.55. The first-order chi connectivity index (χ1) is 10.1.